The van der Waals surface area contributed by atoms with E-state index in [-0.39, 0.29) is 5.97 Å². The summed E-state index contributed by atoms with van der Waals surface area (Å²) in [6.07, 6.45) is 3.85. The van der Waals surface area contributed by atoms with Crippen molar-refractivity contribution in [3.8, 4) is 5.75 Å². The Bertz CT molecular complexity index is 828. The minimum atomic E-state index is -0.316. The monoisotopic (exact) mass is 409 g/mol. The molecule has 0 aromatic heterocycles. The zero-order chi connectivity index (χ0) is 21.8. The second-order valence-electron chi connectivity index (χ2n) is 7.28. The molecule has 30 heavy (non-hydrogen) atoms. The summed E-state index contributed by atoms with van der Waals surface area (Å²) in [6, 6.07) is 15.5. The third-order valence-corrected chi connectivity index (χ3v) is 4.37. The number of unbranched alkanes of at least 4 members (excludes halogenated alkanes) is 3. The lowest BCUT2D eigenvalue weighted by atomic mass is 10.2. The van der Waals surface area contributed by atoms with Crippen LogP contribution in [0.4, 0.5) is 17.1 Å². The molecule has 0 bridgehead atoms. The molecule has 2 aromatic carbocycles. The molecule has 0 spiro atoms. The number of rotatable bonds is 12. The molecule has 6 heteroatoms. The van der Waals surface area contributed by atoms with Gasteiger partial charge in [-0.15, -0.1) is 0 Å². The van der Waals surface area contributed by atoms with E-state index in [9.17, 15) is 4.79 Å². The maximum atomic E-state index is 11.3. The second kappa shape index (κ2) is 12.4. The van der Waals surface area contributed by atoms with Gasteiger partial charge in [0.2, 0.25) is 0 Å². The molecular formula is C24H31N3O3. The molecule has 0 aliphatic carbocycles. The Morgan fingerprint density at radius 1 is 0.867 bits per heavy atom. The fraction of sp³-hybridized carbons (Fsp3) is 0.375. The largest absolute Gasteiger partial charge is 0.494 e. The smallest absolute Gasteiger partial charge is 0.333 e. The highest BCUT2D eigenvalue weighted by atomic mass is 16.5. The van der Waals surface area contributed by atoms with E-state index in [2.05, 4.69) is 16.8 Å². The first-order valence-corrected chi connectivity index (χ1v) is 10.2. The standard InChI is InChI=1S/C24H31N3O3/c1-19(2)24(28)30-18-8-6-5-7-17-29-23-15-11-21(12-16-23)26-25-20-9-13-22(14-10-20)27(3)4/h9-16H,1,5-8,17-18H2,2-4H3. The van der Waals surface area contributed by atoms with Crippen LogP contribution in [0.1, 0.15) is 32.6 Å². The van der Waals surface area contributed by atoms with Gasteiger partial charge < -0.3 is 14.4 Å². The Morgan fingerprint density at radius 2 is 1.40 bits per heavy atom. The van der Waals surface area contributed by atoms with Crippen LogP contribution in [0.2, 0.25) is 0 Å². The van der Waals surface area contributed by atoms with Gasteiger partial charge >= 0.3 is 5.97 Å². The molecule has 0 amide bonds. The Labute approximate surface area is 179 Å². The van der Waals surface area contributed by atoms with Crippen molar-refractivity contribution in [1.29, 1.82) is 0 Å². The number of azo groups is 1. The summed E-state index contributed by atoms with van der Waals surface area (Å²) in [7, 11) is 4.01. The van der Waals surface area contributed by atoms with Crippen molar-refractivity contribution in [2.24, 2.45) is 10.2 Å². The van der Waals surface area contributed by atoms with Gasteiger partial charge in [0.15, 0.2) is 0 Å². The van der Waals surface area contributed by atoms with Crippen LogP contribution in [0.5, 0.6) is 5.75 Å². The van der Waals surface area contributed by atoms with E-state index in [1.807, 2.05) is 67.5 Å². The van der Waals surface area contributed by atoms with E-state index < -0.39 is 0 Å². The quantitative estimate of drug-likeness (QED) is 0.180. The van der Waals surface area contributed by atoms with E-state index in [0.717, 1.165) is 48.5 Å². The second-order valence-corrected chi connectivity index (χ2v) is 7.28. The average Bonchev–Trinajstić information content (AvgIpc) is 2.75. The van der Waals surface area contributed by atoms with Crippen LogP contribution in [0.3, 0.4) is 0 Å². The van der Waals surface area contributed by atoms with Gasteiger partial charge in [-0.05, 0) is 81.1 Å². The topological polar surface area (TPSA) is 63.5 Å². The lowest BCUT2D eigenvalue weighted by Gasteiger charge is -2.11. The predicted molar refractivity (Wildman–Crippen MR) is 121 cm³/mol. The van der Waals surface area contributed by atoms with Crippen LogP contribution >= 0.6 is 0 Å². The van der Waals surface area contributed by atoms with Crippen LogP contribution < -0.4 is 9.64 Å². The molecule has 0 aliphatic rings. The van der Waals surface area contributed by atoms with E-state index in [4.69, 9.17) is 9.47 Å². The molecule has 0 fully saturated rings. The summed E-state index contributed by atoms with van der Waals surface area (Å²) in [5.74, 6) is 0.503. The lowest BCUT2D eigenvalue weighted by Crippen LogP contribution is -2.07. The highest BCUT2D eigenvalue weighted by molar-refractivity contribution is 5.86. The zero-order valence-electron chi connectivity index (χ0n) is 18.1. The summed E-state index contributed by atoms with van der Waals surface area (Å²) in [4.78, 5) is 13.3. The molecule has 0 heterocycles. The first-order chi connectivity index (χ1) is 14.5. The average molecular weight is 410 g/mol. The summed E-state index contributed by atoms with van der Waals surface area (Å²) in [5, 5.41) is 8.54. The molecule has 160 valence electrons. The van der Waals surface area contributed by atoms with E-state index in [0.29, 0.717) is 18.8 Å². The first kappa shape index (κ1) is 23.1. The third-order valence-electron chi connectivity index (χ3n) is 4.37. The lowest BCUT2D eigenvalue weighted by molar-refractivity contribution is -0.139. The van der Waals surface area contributed by atoms with Crippen molar-refractivity contribution in [1.82, 2.24) is 0 Å². The number of anilines is 1. The molecule has 0 saturated carbocycles. The maximum absolute atomic E-state index is 11.3. The summed E-state index contributed by atoms with van der Waals surface area (Å²) >= 11 is 0. The van der Waals surface area contributed by atoms with E-state index in [1.165, 1.54) is 0 Å². The Balaban J connectivity index is 1.63. The fourth-order valence-electron chi connectivity index (χ4n) is 2.58. The minimum Gasteiger partial charge on any atom is -0.494 e. The van der Waals surface area contributed by atoms with E-state index >= 15 is 0 Å². The number of hydrogen-bond acceptors (Lipinski definition) is 6. The van der Waals surface area contributed by atoms with Crippen molar-refractivity contribution in [2.75, 3.05) is 32.2 Å². The summed E-state index contributed by atoms with van der Waals surface area (Å²) in [5.41, 5.74) is 3.16. The van der Waals surface area contributed by atoms with Crippen LogP contribution in [-0.2, 0) is 9.53 Å². The van der Waals surface area contributed by atoms with Gasteiger partial charge in [-0.25, -0.2) is 4.79 Å². The molecule has 2 aromatic rings. The number of ether oxygens (including phenoxy) is 2. The fourth-order valence-corrected chi connectivity index (χ4v) is 2.58. The number of hydrogen-bond donors (Lipinski definition) is 0. The molecule has 2 rings (SSSR count). The number of carbonyl (C=O) groups excluding carboxylic acids is 1. The zero-order valence-corrected chi connectivity index (χ0v) is 18.1. The van der Waals surface area contributed by atoms with Crippen LogP contribution in [0.25, 0.3) is 0 Å². The SMILES string of the molecule is C=C(C)C(=O)OCCCCCCOc1ccc(N=Nc2ccc(N(C)C)cc2)cc1. The van der Waals surface area contributed by atoms with Crippen molar-refractivity contribution in [3.63, 3.8) is 0 Å². The first-order valence-electron chi connectivity index (χ1n) is 10.2. The van der Waals surface area contributed by atoms with Gasteiger partial charge in [-0.2, -0.15) is 10.2 Å². The number of benzene rings is 2. The van der Waals surface area contributed by atoms with Crippen molar-refractivity contribution < 1.29 is 14.3 Å². The van der Waals surface area contributed by atoms with Gasteiger partial charge in [0.25, 0.3) is 0 Å². The Hall–Kier alpha value is -3.15. The normalized spacial score (nSPS) is 10.8. The molecule has 0 aliphatic heterocycles. The highest BCUT2D eigenvalue weighted by Gasteiger charge is 2.02. The van der Waals surface area contributed by atoms with Gasteiger partial charge in [0, 0.05) is 25.4 Å². The van der Waals surface area contributed by atoms with Crippen LogP contribution in [-0.4, -0.2) is 33.3 Å². The van der Waals surface area contributed by atoms with Crippen molar-refractivity contribution >= 4 is 23.0 Å². The van der Waals surface area contributed by atoms with Crippen LogP contribution in [0, 0.1) is 0 Å². The molecule has 6 nitrogen and oxygen atoms in total. The summed E-state index contributed by atoms with van der Waals surface area (Å²) < 4.78 is 10.8. The Kier molecular flexibility index (Phi) is 9.58. The Morgan fingerprint density at radius 3 is 1.93 bits per heavy atom. The van der Waals surface area contributed by atoms with Crippen molar-refractivity contribution in [2.45, 2.75) is 32.6 Å². The van der Waals surface area contributed by atoms with Gasteiger partial charge in [0.1, 0.15) is 5.75 Å². The summed E-state index contributed by atoms with van der Waals surface area (Å²) in [6.45, 7) is 6.31. The van der Waals surface area contributed by atoms with Crippen LogP contribution in [0.15, 0.2) is 70.9 Å². The molecule has 0 unspecified atom stereocenters. The number of carbonyl (C=O) groups is 1. The predicted octanol–water partition coefficient (Wildman–Crippen LogP) is 6.23. The van der Waals surface area contributed by atoms with Gasteiger partial charge in [-0.1, -0.05) is 6.58 Å². The molecule has 0 atom stereocenters. The van der Waals surface area contributed by atoms with Crippen molar-refractivity contribution in [3.05, 3.63) is 60.7 Å². The maximum Gasteiger partial charge on any atom is 0.333 e. The molecular weight excluding hydrogens is 378 g/mol. The molecule has 0 saturated heterocycles. The molecule has 0 N–H and O–H groups in total. The van der Waals surface area contributed by atoms with Gasteiger partial charge in [0.05, 0.1) is 24.6 Å². The number of esters is 1. The third kappa shape index (κ3) is 8.47. The number of nitrogens with zero attached hydrogens (tertiary/aromatic N) is 3. The highest BCUT2D eigenvalue weighted by Crippen LogP contribution is 2.23. The van der Waals surface area contributed by atoms with E-state index in [1.54, 1.807) is 6.92 Å². The molecule has 0 radical (unpaired) electrons. The van der Waals surface area contributed by atoms with Gasteiger partial charge in [-0.3, -0.25) is 0 Å². The minimum absolute atomic E-state index is 0.316.